The van der Waals surface area contributed by atoms with Crippen LogP contribution in [0.25, 0.3) is 11.9 Å². The van der Waals surface area contributed by atoms with Gasteiger partial charge in [-0.1, -0.05) is 6.07 Å². The number of nitrogens with zero attached hydrogens (tertiary/aromatic N) is 4. The molecule has 0 saturated heterocycles. The van der Waals surface area contributed by atoms with Crippen molar-refractivity contribution in [2.24, 2.45) is 0 Å². The molecule has 9 nitrogen and oxygen atoms in total. The molecule has 172 valence electrons. The summed E-state index contributed by atoms with van der Waals surface area (Å²) in [5.74, 6) is 2.93. The number of carbonyl (C=O) groups is 1. The Bertz CT molecular complexity index is 1300. The average Bonchev–Trinajstić information content (AvgIpc) is 3.39. The Hall–Kier alpha value is -4.66. The van der Waals surface area contributed by atoms with E-state index in [1.807, 2.05) is 55.6 Å². The van der Waals surface area contributed by atoms with Gasteiger partial charge < -0.3 is 20.1 Å². The molecule has 2 aromatic carbocycles. The van der Waals surface area contributed by atoms with Crippen molar-refractivity contribution in [1.29, 1.82) is 0 Å². The maximum Gasteiger partial charge on any atom is 0.248 e. The Kier molecular flexibility index (Phi) is 6.83. The Labute approximate surface area is 197 Å². The zero-order chi connectivity index (χ0) is 23.9. The highest BCUT2D eigenvalue weighted by molar-refractivity contribution is 6.02. The van der Waals surface area contributed by atoms with Crippen molar-refractivity contribution in [1.82, 2.24) is 19.7 Å². The van der Waals surface area contributed by atoms with Crippen LogP contribution in [0.15, 0.2) is 73.1 Å². The summed E-state index contributed by atoms with van der Waals surface area (Å²) in [7, 11) is 3.15. The monoisotopic (exact) mass is 456 g/mol. The van der Waals surface area contributed by atoms with Crippen LogP contribution in [0.3, 0.4) is 0 Å². The molecule has 0 radical (unpaired) electrons. The number of rotatable bonds is 8. The van der Waals surface area contributed by atoms with Crippen LogP contribution in [0.1, 0.15) is 11.4 Å². The fourth-order valence-corrected chi connectivity index (χ4v) is 3.23. The quantitative estimate of drug-likeness (QED) is 0.379. The molecule has 9 heteroatoms. The molecule has 0 atom stereocenters. The number of anilines is 3. The SMILES string of the molecule is COc1ccc(/C=C/C(=O)Nc2ccc(Nc3cc(-n4cccn4)nc(C)n3)cc2)cc1OC. The Morgan fingerprint density at radius 2 is 1.74 bits per heavy atom. The number of ether oxygens (including phenoxy) is 2. The smallest absolute Gasteiger partial charge is 0.248 e. The van der Waals surface area contributed by atoms with Crippen LogP contribution >= 0.6 is 0 Å². The van der Waals surface area contributed by atoms with E-state index in [1.54, 1.807) is 43.3 Å². The second kappa shape index (κ2) is 10.3. The third-order valence-electron chi connectivity index (χ3n) is 4.82. The van der Waals surface area contributed by atoms with E-state index in [-0.39, 0.29) is 5.91 Å². The minimum absolute atomic E-state index is 0.245. The molecule has 34 heavy (non-hydrogen) atoms. The maximum atomic E-state index is 12.3. The lowest BCUT2D eigenvalue weighted by molar-refractivity contribution is -0.111. The van der Waals surface area contributed by atoms with Crippen molar-refractivity contribution in [3.63, 3.8) is 0 Å². The highest BCUT2D eigenvalue weighted by Crippen LogP contribution is 2.28. The van der Waals surface area contributed by atoms with E-state index >= 15 is 0 Å². The first kappa shape index (κ1) is 22.5. The number of aromatic nitrogens is 4. The molecule has 0 aliphatic heterocycles. The number of aryl methyl sites for hydroxylation is 1. The maximum absolute atomic E-state index is 12.3. The van der Waals surface area contributed by atoms with Gasteiger partial charge in [-0.15, -0.1) is 0 Å². The average molecular weight is 457 g/mol. The van der Waals surface area contributed by atoms with Crippen LogP contribution in [0.5, 0.6) is 11.5 Å². The topological polar surface area (TPSA) is 103 Å². The molecular weight excluding hydrogens is 432 g/mol. The lowest BCUT2D eigenvalue weighted by Crippen LogP contribution is -2.07. The Balaban J connectivity index is 1.38. The molecule has 2 heterocycles. The number of benzene rings is 2. The molecule has 2 N–H and O–H groups in total. The summed E-state index contributed by atoms with van der Waals surface area (Å²) in [6.07, 6.45) is 6.69. The molecule has 0 aliphatic rings. The fourth-order valence-electron chi connectivity index (χ4n) is 3.23. The van der Waals surface area contributed by atoms with E-state index in [0.29, 0.717) is 34.6 Å². The summed E-state index contributed by atoms with van der Waals surface area (Å²) in [4.78, 5) is 21.2. The largest absolute Gasteiger partial charge is 0.493 e. The first-order chi connectivity index (χ1) is 16.5. The standard InChI is InChI=1S/C25H24N6O3/c1-17-27-23(16-24(28-17)31-14-4-13-26-31)29-19-7-9-20(10-8-19)30-25(32)12-6-18-5-11-21(33-2)22(15-18)34-3/h4-16H,1-3H3,(H,30,32)(H,27,28,29)/b12-6+. The van der Waals surface area contributed by atoms with E-state index < -0.39 is 0 Å². The summed E-state index contributed by atoms with van der Waals surface area (Å²) in [6, 6.07) is 16.4. The molecule has 0 aliphatic carbocycles. The third-order valence-corrected chi connectivity index (χ3v) is 4.82. The predicted octanol–water partition coefficient (Wildman–Crippen LogP) is 4.38. The molecule has 0 unspecified atom stereocenters. The Morgan fingerprint density at radius 3 is 2.44 bits per heavy atom. The molecular formula is C25H24N6O3. The highest BCUT2D eigenvalue weighted by Gasteiger charge is 2.06. The zero-order valence-corrected chi connectivity index (χ0v) is 19.0. The summed E-state index contributed by atoms with van der Waals surface area (Å²) >= 11 is 0. The van der Waals surface area contributed by atoms with Crippen LogP contribution in [0.4, 0.5) is 17.2 Å². The molecule has 0 spiro atoms. The van der Waals surface area contributed by atoms with Gasteiger partial charge in [-0.2, -0.15) is 5.10 Å². The normalized spacial score (nSPS) is 10.8. The number of hydrogen-bond donors (Lipinski definition) is 2. The number of amides is 1. The zero-order valence-electron chi connectivity index (χ0n) is 19.0. The van der Waals surface area contributed by atoms with Crippen LogP contribution in [-0.4, -0.2) is 39.9 Å². The van der Waals surface area contributed by atoms with Gasteiger partial charge in [0.1, 0.15) is 11.6 Å². The molecule has 0 saturated carbocycles. The van der Waals surface area contributed by atoms with Gasteiger partial charge in [-0.3, -0.25) is 4.79 Å². The number of hydrogen-bond acceptors (Lipinski definition) is 7. The van der Waals surface area contributed by atoms with Gasteiger partial charge in [-0.05, 0) is 61.0 Å². The molecule has 1 amide bonds. The van der Waals surface area contributed by atoms with Gasteiger partial charge in [0.2, 0.25) is 5.91 Å². The molecule has 0 fully saturated rings. The van der Waals surface area contributed by atoms with Gasteiger partial charge >= 0.3 is 0 Å². The van der Waals surface area contributed by atoms with Crippen molar-refractivity contribution in [2.75, 3.05) is 24.9 Å². The molecule has 0 bridgehead atoms. The Morgan fingerprint density at radius 1 is 0.971 bits per heavy atom. The van der Waals surface area contributed by atoms with Gasteiger partial charge in [-0.25, -0.2) is 14.6 Å². The van der Waals surface area contributed by atoms with Gasteiger partial charge in [0.25, 0.3) is 0 Å². The molecule has 2 aromatic heterocycles. The van der Waals surface area contributed by atoms with Gasteiger partial charge in [0.05, 0.1) is 14.2 Å². The van der Waals surface area contributed by atoms with Crippen LogP contribution < -0.4 is 20.1 Å². The lowest BCUT2D eigenvalue weighted by Gasteiger charge is -2.10. The minimum Gasteiger partial charge on any atom is -0.493 e. The highest BCUT2D eigenvalue weighted by atomic mass is 16.5. The fraction of sp³-hybridized carbons (Fsp3) is 0.120. The first-order valence-corrected chi connectivity index (χ1v) is 10.5. The van der Waals surface area contributed by atoms with Gasteiger partial charge in [0, 0.05) is 35.9 Å². The molecule has 4 aromatic rings. The second-order valence-corrected chi connectivity index (χ2v) is 7.25. The van der Waals surface area contributed by atoms with E-state index in [0.717, 1.165) is 11.3 Å². The predicted molar refractivity (Wildman–Crippen MR) is 131 cm³/mol. The summed E-state index contributed by atoms with van der Waals surface area (Å²) in [5, 5.41) is 10.3. The van der Waals surface area contributed by atoms with Crippen molar-refractivity contribution in [3.8, 4) is 17.3 Å². The van der Waals surface area contributed by atoms with E-state index in [9.17, 15) is 4.79 Å². The number of methoxy groups -OCH3 is 2. The van der Waals surface area contributed by atoms with Crippen LogP contribution in [0, 0.1) is 6.92 Å². The van der Waals surface area contributed by atoms with E-state index in [1.165, 1.54) is 6.08 Å². The van der Waals surface area contributed by atoms with Crippen molar-refractivity contribution in [2.45, 2.75) is 6.92 Å². The summed E-state index contributed by atoms with van der Waals surface area (Å²) in [6.45, 7) is 1.83. The first-order valence-electron chi connectivity index (χ1n) is 10.5. The summed E-state index contributed by atoms with van der Waals surface area (Å²) < 4.78 is 12.2. The lowest BCUT2D eigenvalue weighted by atomic mass is 10.2. The van der Waals surface area contributed by atoms with E-state index in [2.05, 4.69) is 25.7 Å². The van der Waals surface area contributed by atoms with Crippen molar-refractivity contribution < 1.29 is 14.3 Å². The van der Waals surface area contributed by atoms with Gasteiger partial charge in [0.15, 0.2) is 17.3 Å². The van der Waals surface area contributed by atoms with E-state index in [4.69, 9.17) is 9.47 Å². The van der Waals surface area contributed by atoms with Crippen molar-refractivity contribution >= 4 is 29.2 Å². The number of nitrogens with one attached hydrogen (secondary N) is 2. The third kappa shape index (κ3) is 5.57. The van der Waals surface area contributed by atoms with Crippen molar-refractivity contribution in [3.05, 3.63) is 84.5 Å². The molecule has 4 rings (SSSR count). The van der Waals surface area contributed by atoms with Crippen LogP contribution in [-0.2, 0) is 4.79 Å². The number of carbonyl (C=O) groups excluding carboxylic acids is 1. The summed E-state index contributed by atoms with van der Waals surface area (Å²) in [5.41, 5.74) is 2.31. The second-order valence-electron chi connectivity index (χ2n) is 7.25. The minimum atomic E-state index is -0.245. The van der Waals surface area contributed by atoms with Crippen LogP contribution in [0.2, 0.25) is 0 Å².